The van der Waals surface area contributed by atoms with Gasteiger partial charge in [-0.15, -0.1) is 0 Å². The van der Waals surface area contributed by atoms with E-state index >= 15 is 0 Å². The van der Waals surface area contributed by atoms with Crippen LogP contribution < -0.4 is 5.32 Å². The van der Waals surface area contributed by atoms with Gasteiger partial charge in [0.05, 0.1) is 12.7 Å². The Kier molecular flexibility index (Phi) is 5.75. The second-order valence-corrected chi connectivity index (χ2v) is 4.22. The van der Waals surface area contributed by atoms with Gasteiger partial charge in [-0.3, -0.25) is 4.79 Å². The molecule has 19 heavy (non-hydrogen) atoms. The van der Waals surface area contributed by atoms with Gasteiger partial charge < -0.3 is 15.0 Å². The number of carbonyl (C=O) groups is 2. The lowest BCUT2D eigenvalue weighted by molar-refractivity contribution is -0.111. The van der Waals surface area contributed by atoms with E-state index in [1.807, 2.05) is 19.0 Å². The highest BCUT2D eigenvalue weighted by atomic mass is 16.5. The van der Waals surface area contributed by atoms with E-state index in [4.69, 9.17) is 0 Å². The Labute approximate surface area is 112 Å². The fourth-order valence-corrected chi connectivity index (χ4v) is 1.36. The summed E-state index contributed by atoms with van der Waals surface area (Å²) in [6.07, 6.45) is 3.26. The Bertz CT molecular complexity index is 464. The largest absolute Gasteiger partial charge is 0.465 e. The van der Waals surface area contributed by atoms with E-state index in [1.54, 1.807) is 30.3 Å². The lowest BCUT2D eigenvalue weighted by Crippen LogP contribution is -2.13. The van der Waals surface area contributed by atoms with Crippen molar-refractivity contribution in [2.24, 2.45) is 0 Å². The molecule has 0 saturated heterocycles. The Morgan fingerprint density at radius 1 is 1.26 bits per heavy atom. The molecular formula is C14H18N2O3. The quantitative estimate of drug-likeness (QED) is 0.646. The number of amides is 1. The van der Waals surface area contributed by atoms with Crippen LogP contribution in [0.1, 0.15) is 10.4 Å². The van der Waals surface area contributed by atoms with Crippen molar-refractivity contribution in [1.82, 2.24) is 4.90 Å². The molecule has 0 aromatic heterocycles. The number of hydrogen-bond donors (Lipinski definition) is 1. The molecule has 1 amide bonds. The van der Waals surface area contributed by atoms with Crippen molar-refractivity contribution in [3.63, 3.8) is 0 Å². The summed E-state index contributed by atoms with van der Waals surface area (Å²) in [6.45, 7) is 0.703. The third kappa shape index (κ3) is 5.35. The summed E-state index contributed by atoms with van der Waals surface area (Å²) in [7, 11) is 5.18. The summed E-state index contributed by atoms with van der Waals surface area (Å²) in [5.74, 6) is -0.601. The maximum absolute atomic E-state index is 11.6. The lowest BCUT2D eigenvalue weighted by Gasteiger charge is -2.05. The third-order valence-corrected chi connectivity index (χ3v) is 2.31. The number of methoxy groups -OCH3 is 1. The molecule has 0 aliphatic heterocycles. The number of esters is 1. The Hall–Kier alpha value is -2.14. The fraction of sp³-hybridized carbons (Fsp3) is 0.286. The predicted octanol–water partition coefficient (Wildman–Crippen LogP) is 1.53. The van der Waals surface area contributed by atoms with Crippen LogP contribution in [0.25, 0.3) is 0 Å². The molecule has 0 saturated carbocycles. The summed E-state index contributed by atoms with van der Waals surface area (Å²) in [6, 6.07) is 6.52. The van der Waals surface area contributed by atoms with Crippen LogP contribution in [0.3, 0.4) is 0 Å². The molecule has 0 bridgehead atoms. The van der Waals surface area contributed by atoms with E-state index in [9.17, 15) is 9.59 Å². The van der Waals surface area contributed by atoms with Crippen molar-refractivity contribution >= 4 is 17.6 Å². The van der Waals surface area contributed by atoms with Crippen LogP contribution in [0.5, 0.6) is 0 Å². The number of nitrogens with one attached hydrogen (secondary N) is 1. The lowest BCUT2D eigenvalue weighted by atomic mass is 10.2. The van der Waals surface area contributed by atoms with Crippen molar-refractivity contribution in [2.45, 2.75) is 0 Å². The maximum Gasteiger partial charge on any atom is 0.337 e. The highest BCUT2D eigenvalue weighted by molar-refractivity contribution is 5.99. The van der Waals surface area contributed by atoms with Gasteiger partial charge in [-0.2, -0.15) is 0 Å². The minimum absolute atomic E-state index is 0.201. The van der Waals surface area contributed by atoms with Gasteiger partial charge in [0.1, 0.15) is 0 Å². The normalized spacial score (nSPS) is 10.7. The van der Waals surface area contributed by atoms with Gasteiger partial charge in [-0.1, -0.05) is 6.08 Å². The molecule has 0 atom stereocenters. The third-order valence-electron chi connectivity index (χ3n) is 2.31. The number of hydrogen-bond acceptors (Lipinski definition) is 4. The maximum atomic E-state index is 11.6. The van der Waals surface area contributed by atoms with Crippen LogP contribution in [-0.2, 0) is 9.53 Å². The molecule has 0 spiro atoms. The van der Waals surface area contributed by atoms with Gasteiger partial charge >= 0.3 is 5.97 Å². The number of rotatable bonds is 5. The highest BCUT2D eigenvalue weighted by Gasteiger charge is 2.04. The standard InChI is InChI=1S/C14H18N2O3/c1-16(2)10-4-5-13(17)15-12-8-6-11(7-9-12)14(18)19-3/h4-9H,10H2,1-3H3,(H,15,17)/b5-4+. The van der Waals surface area contributed by atoms with Crippen LogP contribution in [0.4, 0.5) is 5.69 Å². The molecule has 1 rings (SSSR count). The van der Waals surface area contributed by atoms with Crippen molar-refractivity contribution < 1.29 is 14.3 Å². The molecular weight excluding hydrogens is 244 g/mol. The first-order valence-electron chi connectivity index (χ1n) is 5.83. The van der Waals surface area contributed by atoms with Crippen LogP contribution in [0, 0.1) is 0 Å². The minimum atomic E-state index is -0.399. The monoisotopic (exact) mass is 262 g/mol. The number of nitrogens with zero attached hydrogens (tertiary/aromatic N) is 1. The van der Waals surface area contributed by atoms with Gasteiger partial charge in [0, 0.05) is 18.3 Å². The van der Waals surface area contributed by atoms with Gasteiger partial charge in [-0.05, 0) is 38.4 Å². The van der Waals surface area contributed by atoms with E-state index in [0.717, 1.165) is 0 Å². The number of likely N-dealkylation sites (N-methyl/N-ethyl adjacent to an activating group) is 1. The Morgan fingerprint density at radius 3 is 2.42 bits per heavy atom. The van der Waals surface area contributed by atoms with E-state index in [-0.39, 0.29) is 5.91 Å². The van der Waals surface area contributed by atoms with Gasteiger partial charge in [0.25, 0.3) is 0 Å². The highest BCUT2D eigenvalue weighted by Crippen LogP contribution is 2.10. The zero-order valence-electron chi connectivity index (χ0n) is 11.3. The van der Waals surface area contributed by atoms with Gasteiger partial charge in [0.2, 0.25) is 5.91 Å². The van der Waals surface area contributed by atoms with Crippen LogP contribution in [0.15, 0.2) is 36.4 Å². The van der Waals surface area contributed by atoms with Crippen molar-refractivity contribution in [1.29, 1.82) is 0 Å². The molecule has 1 aromatic rings. The summed E-state index contributed by atoms with van der Waals surface area (Å²) < 4.78 is 4.59. The molecule has 1 aromatic carbocycles. The average Bonchev–Trinajstić information content (AvgIpc) is 2.38. The summed E-state index contributed by atoms with van der Waals surface area (Å²) >= 11 is 0. The molecule has 102 valence electrons. The molecule has 0 aliphatic rings. The van der Waals surface area contributed by atoms with Crippen molar-refractivity contribution in [3.8, 4) is 0 Å². The summed E-state index contributed by atoms with van der Waals surface area (Å²) in [5, 5.41) is 2.70. The zero-order chi connectivity index (χ0) is 14.3. The van der Waals surface area contributed by atoms with Crippen molar-refractivity contribution in [3.05, 3.63) is 42.0 Å². The SMILES string of the molecule is COC(=O)c1ccc(NC(=O)/C=C/CN(C)C)cc1. The molecule has 0 aliphatic carbocycles. The topological polar surface area (TPSA) is 58.6 Å². The molecule has 0 unspecified atom stereocenters. The van der Waals surface area contributed by atoms with Gasteiger partial charge in [0.15, 0.2) is 0 Å². The number of carbonyl (C=O) groups excluding carboxylic acids is 2. The number of anilines is 1. The first kappa shape index (κ1) is 14.9. The van der Waals surface area contributed by atoms with E-state index in [1.165, 1.54) is 13.2 Å². The zero-order valence-corrected chi connectivity index (χ0v) is 11.3. The molecule has 0 heterocycles. The Morgan fingerprint density at radius 2 is 1.89 bits per heavy atom. The predicted molar refractivity (Wildman–Crippen MR) is 74.1 cm³/mol. The fourth-order valence-electron chi connectivity index (χ4n) is 1.36. The second-order valence-electron chi connectivity index (χ2n) is 4.22. The number of ether oxygens (including phenoxy) is 1. The smallest absolute Gasteiger partial charge is 0.337 e. The minimum Gasteiger partial charge on any atom is -0.465 e. The number of benzene rings is 1. The summed E-state index contributed by atoms with van der Waals surface area (Å²) in [4.78, 5) is 24.7. The van der Waals surface area contributed by atoms with Crippen LogP contribution >= 0.6 is 0 Å². The van der Waals surface area contributed by atoms with Crippen LogP contribution in [0.2, 0.25) is 0 Å². The molecule has 5 heteroatoms. The molecule has 1 N–H and O–H groups in total. The molecule has 5 nitrogen and oxygen atoms in total. The molecule has 0 radical (unpaired) electrons. The summed E-state index contributed by atoms with van der Waals surface area (Å²) in [5.41, 5.74) is 1.08. The second kappa shape index (κ2) is 7.33. The Balaban J connectivity index is 2.56. The van der Waals surface area contributed by atoms with Crippen LogP contribution in [-0.4, -0.2) is 44.5 Å². The van der Waals surface area contributed by atoms with E-state index < -0.39 is 5.97 Å². The van der Waals surface area contributed by atoms with Crippen molar-refractivity contribution in [2.75, 3.05) is 33.1 Å². The van der Waals surface area contributed by atoms with Gasteiger partial charge in [-0.25, -0.2) is 4.79 Å². The average molecular weight is 262 g/mol. The first-order valence-corrected chi connectivity index (χ1v) is 5.83. The van der Waals surface area contributed by atoms with E-state index in [0.29, 0.717) is 17.8 Å². The van der Waals surface area contributed by atoms with E-state index in [2.05, 4.69) is 10.1 Å². The molecule has 0 fully saturated rings. The first-order chi connectivity index (χ1) is 9.02.